The summed E-state index contributed by atoms with van der Waals surface area (Å²) < 4.78 is 9.53. The molecule has 1 rings (SSSR count). The van der Waals surface area contributed by atoms with Gasteiger partial charge in [-0.25, -0.2) is 4.79 Å². The lowest BCUT2D eigenvalue weighted by atomic mass is 9.87. The molecule has 0 fully saturated rings. The molecule has 0 spiro atoms. The van der Waals surface area contributed by atoms with Crippen molar-refractivity contribution < 1.29 is 23.9 Å². The number of carbonyl (C=O) groups excluding carboxylic acids is 3. The van der Waals surface area contributed by atoms with Crippen molar-refractivity contribution in [1.82, 2.24) is 0 Å². The van der Waals surface area contributed by atoms with Crippen molar-refractivity contribution in [2.24, 2.45) is 5.92 Å². The van der Waals surface area contributed by atoms with Gasteiger partial charge in [0.25, 0.3) is 0 Å². The van der Waals surface area contributed by atoms with E-state index in [1.54, 1.807) is 6.92 Å². The zero-order valence-electron chi connectivity index (χ0n) is 8.56. The molecule has 0 unspecified atom stereocenters. The highest BCUT2D eigenvalue weighted by atomic mass is 16.6. The third kappa shape index (κ3) is 2.23. The Morgan fingerprint density at radius 2 is 2.40 bits per heavy atom. The third-order valence-electron chi connectivity index (χ3n) is 2.38. The van der Waals surface area contributed by atoms with Gasteiger partial charge in [0.05, 0.1) is 7.11 Å². The zero-order valence-corrected chi connectivity index (χ0v) is 8.56. The third-order valence-corrected chi connectivity index (χ3v) is 2.38. The predicted molar refractivity (Wildman–Crippen MR) is 49.8 cm³/mol. The van der Waals surface area contributed by atoms with Gasteiger partial charge in [-0.15, -0.1) is 0 Å². The number of aldehydes is 1. The number of ether oxygens (including phenoxy) is 2. The van der Waals surface area contributed by atoms with E-state index in [4.69, 9.17) is 4.74 Å². The second-order valence-corrected chi connectivity index (χ2v) is 3.42. The average molecular weight is 212 g/mol. The molecule has 0 bridgehead atoms. The molecule has 0 radical (unpaired) electrons. The molecule has 0 aromatic heterocycles. The fourth-order valence-corrected chi connectivity index (χ4v) is 1.51. The van der Waals surface area contributed by atoms with Crippen molar-refractivity contribution >= 4 is 18.2 Å². The summed E-state index contributed by atoms with van der Waals surface area (Å²) in [5, 5.41) is 0. The van der Waals surface area contributed by atoms with E-state index in [0.29, 0.717) is 6.29 Å². The summed E-state index contributed by atoms with van der Waals surface area (Å²) in [5.74, 6) is -1.87. The van der Waals surface area contributed by atoms with Gasteiger partial charge in [-0.05, 0) is 13.0 Å². The summed E-state index contributed by atoms with van der Waals surface area (Å²) in [7, 11) is 1.23. The molecular weight excluding hydrogens is 200 g/mol. The molecule has 1 aliphatic heterocycles. The first-order valence-electron chi connectivity index (χ1n) is 4.47. The van der Waals surface area contributed by atoms with E-state index in [0.717, 1.165) is 0 Å². The molecule has 0 aromatic rings. The predicted octanol–water partition coefficient (Wildman–Crippen LogP) is 0.236. The Bertz CT molecular complexity index is 320. The van der Waals surface area contributed by atoms with Gasteiger partial charge in [-0.1, -0.05) is 0 Å². The number of methoxy groups -OCH3 is 1. The van der Waals surface area contributed by atoms with Gasteiger partial charge in [-0.3, -0.25) is 4.79 Å². The first-order chi connectivity index (χ1) is 7.03. The first kappa shape index (κ1) is 11.4. The molecule has 0 saturated heterocycles. The van der Waals surface area contributed by atoms with Crippen molar-refractivity contribution in [3.05, 3.63) is 12.2 Å². The maximum Gasteiger partial charge on any atom is 0.331 e. The highest BCUT2D eigenvalue weighted by Gasteiger charge is 2.43. The number of cyclic esters (lactones) is 1. The van der Waals surface area contributed by atoms with E-state index < -0.39 is 23.5 Å². The Hall–Kier alpha value is -1.65. The van der Waals surface area contributed by atoms with Crippen LogP contribution in [0.25, 0.3) is 0 Å². The van der Waals surface area contributed by atoms with Gasteiger partial charge in [0.2, 0.25) is 0 Å². The van der Waals surface area contributed by atoms with Crippen LogP contribution in [0.4, 0.5) is 0 Å². The van der Waals surface area contributed by atoms with Gasteiger partial charge < -0.3 is 14.3 Å². The lowest BCUT2D eigenvalue weighted by Crippen LogP contribution is -2.40. The van der Waals surface area contributed by atoms with E-state index in [1.807, 2.05) is 0 Å². The second kappa shape index (κ2) is 4.25. The molecule has 5 heteroatoms. The standard InChI is InChI=1S/C10H12O5/c1-10(5-3-8(12)15-10)7(4-6-11)9(13)14-2/h3,5-7H,4H2,1-2H3/t7-,10+/m0/s1. The maximum atomic E-state index is 11.4. The number of carbonyl (C=O) groups is 3. The topological polar surface area (TPSA) is 69.7 Å². The lowest BCUT2D eigenvalue weighted by Gasteiger charge is -2.28. The van der Waals surface area contributed by atoms with Crippen LogP contribution in [0.1, 0.15) is 13.3 Å². The van der Waals surface area contributed by atoms with Crippen molar-refractivity contribution in [2.45, 2.75) is 18.9 Å². The molecule has 0 amide bonds. The summed E-state index contributed by atoms with van der Waals surface area (Å²) >= 11 is 0. The Labute approximate surface area is 87.0 Å². The fourth-order valence-electron chi connectivity index (χ4n) is 1.51. The first-order valence-corrected chi connectivity index (χ1v) is 4.47. The smallest absolute Gasteiger partial charge is 0.331 e. The zero-order chi connectivity index (χ0) is 11.5. The molecule has 2 atom stereocenters. The van der Waals surface area contributed by atoms with E-state index in [-0.39, 0.29) is 6.42 Å². The lowest BCUT2D eigenvalue weighted by molar-refractivity contribution is -0.161. The van der Waals surface area contributed by atoms with Crippen LogP contribution in [0.15, 0.2) is 12.2 Å². The second-order valence-electron chi connectivity index (χ2n) is 3.42. The average Bonchev–Trinajstić information content (AvgIpc) is 2.55. The number of rotatable bonds is 4. The number of esters is 2. The van der Waals surface area contributed by atoms with Crippen molar-refractivity contribution in [3.8, 4) is 0 Å². The Kier molecular flexibility index (Phi) is 3.24. The van der Waals surface area contributed by atoms with E-state index in [1.165, 1.54) is 19.3 Å². The SMILES string of the molecule is COC(=O)[C@H](CC=O)[C@@]1(C)C=CC(=O)O1. The Morgan fingerprint density at radius 3 is 2.80 bits per heavy atom. The van der Waals surface area contributed by atoms with Crippen molar-refractivity contribution in [2.75, 3.05) is 7.11 Å². The number of hydrogen-bond donors (Lipinski definition) is 0. The van der Waals surface area contributed by atoms with Crippen molar-refractivity contribution in [1.29, 1.82) is 0 Å². The van der Waals surface area contributed by atoms with Crippen LogP contribution in [0.5, 0.6) is 0 Å². The number of hydrogen-bond acceptors (Lipinski definition) is 5. The van der Waals surface area contributed by atoms with Crippen LogP contribution in [-0.4, -0.2) is 30.9 Å². The molecule has 0 aliphatic carbocycles. The molecule has 0 N–H and O–H groups in total. The molecule has 0 aromatic carbocycles. The van der Waals surface area contributed by atoms with Gasteiger partial charge >= 0.3 is 11.9 Å². The highest BCUT2D eigenvalue weighted by molar-refractivity contribution is 5.87. The molecule has 1 heterocycles. The molecule has 15 heavy (non-hydrogen) atoms. The molecule has 1 aliphatic rings. The maximum absolute atomic E-state index is 11.4. The Morgan fingerprint density at radius 1 is 1.73 bits per heavy atom. The summed E-state index contributed by atoms with van der Waals surface area (Å²) in [4.78, 5) is 32.8. The van der Waals surface area contributed by atoms with Crippen molar-refractivity contribution in [3.63, 3.8) is 0 Å². The minimum Gasteiger partial charge on any atom is -0.469 e. The van der Waals surface area contributed by atoms with E-state index in [2.05, 4.69) is 4.74 Å². The summed E-state index contributed by atoms with van der Waals surface area (Å²) in [6.07, 6.45) is 3.27. The van der Waals surface area contributed by atoms with Crippen LogP contribution in [0.2, 0.25) is 0 Å². The fraction of sp³-hybridized carbons (Fsp3) is 0.500. The monoisotopic (exact) mass is 212 g/mol. The summed E-state index contributed by atoms with van der Waals surface area (Å²) in [5.41, 5.74) is -1.08. The molecule has 5 nitrogen and oxygen atoms in total. The molecule has 82 valence electrons. The summed E-state index contributed by atoms with van der Waals surface area (Å²) in [6.45, 7) is 1.57. The molecule has 0 saturated carbocycles. The van der Waals surface area contributed by atoms with E-state index >= 15 is 0 Å². The van der Waals surface area contributed by atoms with Crippen LogP contribution in [0.3, 0.4) is 0 Å². The van der Waals surface area contributed by atoms with Gasteiger partial charge in [0.15, 0.2) is 0 Å². The summed E-state index contributed by atoms with van der Waals surface area (Å²) in [6, 6.07) is 0. The van der Waals surface area contributed by atoms with Crippen LogP contribution < -0.4 is 0 Å². The van der Waals surface area contributed by atoms with Gasteiger partial charge in [0.1, 0.15) is 17.8 Å². The highest BCUT2D eigenvalue weighted by Crippen LogP contribution is 2.31. The van der Waals surface area contributed by atoms with Crippen LogP contribution in [-0.2, 0) is 23.9 Å². The largest absolute Gasteiger partial charge is 0.469 e. The van der Waals surface area contributed by atoms with Crippen LogP contribution >= 0.6 is 0 Å². The Balaban J connectivity index is 2.89. The minimum atomic E-state index is -1.08. The molecular formula is C10H12O5. The minimum absolute atomic E-state index is 0.0409. The quantitative estimate of drug-likeness (QED) is 0.493. The van der Waals surface area contributed by atoms with E-state index in [9.17, 15) is 14.4 Å². The van der Waals surface area contributed by atoms with Crippen LogP contribution in [0, 0.1) is 5.92 Å². The van der Waals surface area contributed by atoms with Gasteiger partial charge in [-0.2, -0.15) is 0 Å². The van der Waals surface area contributed by atoms with Gasteiger partial charge in [0, 0.05) is 12.5 Å². The normalized spacial score (nSPS) is 25.9.